The highest BCUT2D eigenvalue weighted by molar-refractivity contribution is 5.93. The maximum Gasteiger partial charge on any atom is 0.241 e. The van der Waals surface area contributed by atoms with E-state index in [1.165, 1.54) is 0 Å². The van der Waals surface area contributed by atoms with Crippen LogP contribution in [0.1, 0.15) is 19.8 Å². The molecule has 0 fully saturated rings. The molecule has 1 aromatic heterocycles. The Bertz CT molecular complexity index is 356. The zero-order chi connectivity index (χ0) is 11.1. The minimum atomic E-state index is -0.567. The fourth-order valence-electron chi connectivity index (χ4n) is 1.21. The van der Waals surface area contributed by atoms with Crippen LogP contribution in [-0.4, -0.2) is 10.9 Å². The van der Waals surface area contributed by atoms with Gasteiger partial charge in [-0.25, -0.2) is 0 Å². The van der Waals surface area contributed by atoms with E-state index in [1.807, 2.05) is 13.0 Å². The van der Waals surface area contributed by atoms with Crippen molar-refractivity contribution in [3.8, 4) is 6.07 Å². The Morgan fingerprint density at radius 1 is 1.60 bits per heavy atom. The van der Waals surface area contributed by atoms with Gasteiger partial charge in [0.25, 0.3) is 0 Å². The third-order valence-electron chi connectivity index (χ3n) is 2.00. The molecule has 0 saturated carbocycles. The van der Waals surface area contributed by atoms with Gasteiger partial charge in [-0.05, 0) is 18.6 Å². The molecule has 0 aliphatic rings. The molecule has 78 valence electrons. The summed E-state index contributed by atoms with van der Waals surface area (Å²) in [6.07, 6.45) is 4.60. The monoisotopic (exact) mass is 203 g/mol. The van der Waals surface area contributed by atoms with Crippen LogP contribution in [0.15, 0.2) is 24.5 Å². The molecule has 4 nitrogen and oxygen atoms in total. The molecule has 0 bridgehead atoms. The van der Waals surface area contributed by atoms with Crippen LogP contribution < -0.4 is 5.32 Å². The summed E-state index contributed by atoms with van der Waals surface area (Å²) >= 11 is 0. The van der Waals surface area contributed by atoms with Crippen molar-refractivity contribution >= 4 is 11.6 Å². The van der Waals surface area contributed by atoms with Crippen LogP contribution in [0.4, 0.5) is 5.69 Å². The maximum atomic E-state index is 11.6. The number of nitriles is 1. The highest BCUT2D eigenvalue weighted by Gasteiger charge is 2.16. The van der Waals surface area contributed by atoms with E-state index in [-0.39, 0.29) is 5.91 Å². The average molecular weight is 203 g/mol. The molecule has 0 aliphatic carbocycles. The molecule has 1 rings (SSSR count). The Morgan fingerprint density at radius 2 is 2.27 bits per heavy atom. The second-order valence-corrected chi connectivity index (χ2v) is 3.20. The molecule has 1 amide bonds. The van der Waals surface area contributed by atoms with E-state index in [4.69, 9.17) is 5.26 Å². The number of hydrogen-bond acceptors (Lipinski definition) is 3. The van der Waals surface area contributed by atoms with Gasteiger partial charge in [-0.1, -0.05) is 13.3 Å². The molecule has 1 heterocycles. The molecule has 0 spiro atoms. The summed E-state index contributed by atoms with van der Waals surface area (Å²) in [6, 6.07) is 5.38. The van der Waals surface area contributed by atoms with Crippen molar-refractivity contribution in [1.29, 1.82) is 5.26 Å². The second-order valence-electron chi connectivity index (χ2n) is 3.20. The largest absolute Gasteiger partial charge is 0.325 e. The molecule has 0 aliphatic heterocycles. The fourth-order valence-corrected chi connectivity index (χ4v) is 1.21. The number of carbonyl (C=O) groups is 1. The smallest absolute Gasteiger partial charge is 0.241 e. The first-order valence-electron chi connectivity index (χ1n) is 4.88. The minimum absolute atomic E-state index is 0.245. The maximum absolute atomic E-state index is 11.6. The van der Waals surface area contributed by atoms with Gasteiger partial charge in [-0.2, -0.15) is 5.26 Å². The molecule has 1 N–H and O–H groups in total. The molecule has 4 heteroatoms. The Balaban J connectivity index is 2.59. The van der Waals surface area contributed by atoms with E-state index < -0.39 is 5.92 Å². The van der Waals surface area contributed by atoms with E-state index in [0.29, 0.717) is 12.1 Å². The van der Waals surface area contributed by atoms with E-state index in [9.17, 15) is 4.79 Å². The van der Waals surface area contributed by atoms with Crippen LogP contribution >= 0.6 is 0 Å². The van der Waals surface area contributed by atoms with Crippen molar-refractivity contribution in [2.24, 2.45) is 5.92 Å². The number of nitrogens with one attached hydrogen (secondary N) is 1. The Hall–Kier alpha value is -1.89. The van der Waals surface area contributed by atoms with Gasteiger partial charge in [-0.3, -0.25) is 9.78 Å². The molecule has 0 saturated heterocycles. The fraction of sp³-hybridized carbons (Fsp3) is 0.364. The van der Waals surface area contributed by atoms with Gasteiger partial charge < -0.3 is 5.32 Å². The van der Waals surface area contributed by atoms with Gasteiger partial charge in [-0.15, -0.1) is 0 Å². The molecular formula is C11H13N3O. The number of aromatic nitrogens is 1. The van der Waals surface area contributed by atoms with E-state index in [0.717, 1.165) is 6.42 Å². The lowest BCUT2D eigenvalue weighted by molar-refractivity contribution is -0.118. The van der Waals surface area contributed by atoms with Gasteiger partial charge in [0.15, 0.2) is 0 Å². The normalized spacial score (nSPS) is 11.5. The first kappa shape index (κ1) is 11.2. The second kappa shape index (κ2) is 5.76. The van der Waals surface area contributed by atoms with Crippen molar-refractivity contribution in [1.82, 2.24) is 4.98 Å². The van der Waals surface area contributed by atoms with Gasteiger partial charge in [0.1, 0.15) is 5.92 Å². The molecule has 0 aromatic carbocycles. The Morgan fingerprint density at radius 3 is 2.80 bits per heavy atom. The van der Waals surface area contributed by atoms with Gasteiger partial charge in [0.05, 0.1) is 6.07 Å². The topological polar surface area (TPSA) is 65.8 Å². The van der Waals surface area contributed by atoms with E-state index in [1.54, 1.807) is 24.5 Å². The SMILES string of the molecule is CCCC(C#N)C(=O)Nc1ccncc1. The van der Waals surface area contributed by atoms with Crippen molar-refractivity contribution in [2.75, 3.05) is 5.32 Å². The van der Waals surface area contributed by atoms with Crippen molar-refractivity contribution in [2.45, 2.75) is 19.8 Å². The lowest BCUT2D eigenvalue weighted by Gasteiger charge is -2.08. The van der Waals surface area contributed by atoms with Gasteiger partial charge in [0.2, 0.25) is 5.91 Å². The number of amides is 1. The van der Waals surface area contributed by atoms with E-state index >= 15 is 0 Å². The summed E-state index contributed by atoms with van der Waals surface area (Å²) < 4.78 is 0. The van der Waals surface area contributed by atoms with Crippen LogP contribution in [0.25, 0.3) is 0 Å². The Labute approximate surface area is 88.9 Å². The zero-order valence-electron chi connectivity index (χ0n) is 8.60. The summed E-state index contributed by atoms with van der Waals surface area (Å²) in [5.74, 6) is -0.811. The van der Waals surface area contributed by atoms with Gasteiger partial charge in [0, 0.05) is 18.1 Å². The average Bonchev–Trinajstić information content (AvgIpc) is 2.27. The van der Waals surface area contributed by atoms with Crippen LogP contribution in [0, 0.1) is 17.2 Å². The predicted octanol–water partition coefficient (Wildman–Crippen LogP) is 1.96. The first-order chi connectivity index (χ1) is 7.27. The predicted molar refractivity (Wildman–Crippen MR) is 56.9 cm³/mol. The third kappa shape index (κ3) is 3.39. The summed E-state index contributed by atoms with van der Waals surface area (Å²) in [7, 11) is 0. The molecule has 1 atom stereocenters. The van der Waals surface area contributed by atoms with Crippen molar-refractivity contribution < 1.29 is 4.79 Å². The number of pyridine rings is 1. The summed E-state index contributed by atoms with van der Waals surface area (Å²) in [5, 5.41) is 11.5. The number of anilines is 1. The molecule has 0 radical (unpaired) electrons. The summed E-state index contributed by atoms with van der Waals surface area (Å²) in [4.78, 5) is 15.4. The number of rotatable bonds is 4. The van der Waals surface area contributed by atoms with Crippen molar-refractivity contribution in [3.63, 3.8) is 0 Å². The summed E-state index contributed by atoms with van der Waals surface area (Å²) in [6.45, 7) is 1.95. The lowest BCUT2D eigenvalue weighted by atomic mass is 10.0. The molecule has 15 heavy (non-hydrogen) atoms. The minimum Gasteiger partial charge on any atom is -0.325 e. The molecule has 1 aromatic rings. The van der Waals surface area contributed by atoms with Gasteiger partial charge >= 0.3 is 0 Å². The van der Waals surface area contributed by atoms with Crippen LogP contribution in [-0.2, 0) is 4.79 Å². The number of nitrogens with zero attached hydrogens (tertiary/aromatic N) is 2. The number of hydrogen-bond donors (Lipinski definition) is 1. The van der Waals surface area contributed by atoms with Crippen LogP contribution in [0.3, 0.4) is 0 Å². The number of carbonyl (C=O) groups excluding carboxylic acids is 1. The Kier molecular flexibility index (Phi) is 4.30. The highest BCUT2D eigenvalue weighted by Crippen LogP contribution is 2.10. The lowest BCUT2D eigenvalue weighted by Crippen LogP contribution is -2.21. The van der Waals surface area contributed by atoms with E-state index in [2.05, 4.69) is 10.3 Å². The standard InChI is InChI=1S/C11H13N3O/c1-2-3-9(8-12)11(15)14-10-4-6-13-7-5-10/h4-7,9H,2-3H2,1H3,(H,13,14,15). The third-order valence-corrected chi connectivity index (χ3v) is 2.00. The highest BCUT2D eigenvalue weighted by atomic mass is 16.1. The van der Waals surface area contributed by atoms with Crippen LogP contribution in [0.5, 0.6) is 0 Å². The molecular weight excluding hydrogens is 190 g/mol. The molecule has 1 unspecified atom stereocenters. The van der Waals surface area contributed by atoms with Crippen molar-refractivity contribution in [3.05, 3.63) is 24.5 Å². The zero-order valence-corrected chi connectivity index (χ0v) is 8.60. The summed E-state index contributed by atoms with van der Waals surface area (Å²) in [5.41, 5.74) is 0.673. The first-order valence-corrected chi connectivity index (χ1v) is 4.88. The van der Waals surface area contributed by atoms with Crippen LogP contribution in [0.2, 0.25) is 0 Å². The quantitative estimate of drug-likeness (QED) is 0.813.